The molecule has 2 unspecified atom stereocenters. The van der Waals surface area contributed by atoms with Crippen molar-refractivity contribution in [2.75, 3.05) is 0 Å². The standard InChI is InChI=1S/C8H10O2/c1-6-5-8(10-6)7-3-2-4-9-7/h2-4,6,8H,5H2,1H3. The summed E-state index contributed by atoms with van der Waals surface area (Å²) in [6.45, 7) is 2.07. The van der Waals surface area contributed by atoms with Crippen molar-refractivity contribution in [2.24, 2.45) is 0 Å². The van der Waals surface area contributed by atoms with E-state index >= 15 is 0 Å². The van der Waals surface area contributed by atoms with Gasteiger partial charge in [0.1, 0.15) is 11.9 Å². The maximum absolute atomic E-state index is 5.39. The van der Waals surface area contributed by atoms with Crippen LogP contribution in [0.1, 0.15) is 25.2 Å². The molecule has 1 aliphatic heterocycles. The number of ether oxygens (including phenoxy) is 1. The van der Waals surface area contributed by atoms with E-state index in [-0.39, 0.29) is 6.10 Å². The number of furan rings is 1. The van der Waals surface area contributed by atoms with E-state index in [1.165, 1.54) is 0 Å². The molecule has 1 aromatic heterocycles. The molecule has 2 rings (SSSR count). The molecule has 1 aromatic rings. The molecule has 0 spiro atoms. The summed E-state index contributed by atoms with van der Waals surface area (Å²) in [7, 11) is 0. The lowest BCUT2D eigenvalue weighted by Crippen LogP contribution is -2.27. The van der Waals surface area contributed by atoms with E-state index < -0.39 is 0 Å². The highest BCUT2D eigenvalue weighted by Crippen LogP contribution is 2.34. The van der Waals surface area contributed by atoms with Gasteiger partial charge in [-0.3, -0.25) is 0 Å². The lowest BCUT2D eigenvalue weighted by molar-refractivity contribution is -0.125. The Morgan fingerprint density at radius 1 is 1.60 bits per heavy atom. The van der Waals surface area contributed by atoms with Crippen molar-refractivity contribution >= 4 is 0 Å². The third-order valence-electron chi connectivity index (χ3n) is 1.80. The highest BCUT2D eigenvalue weighted by atomic mass is 16.5. The van der Waals surface area contributed by atoms with Crippen LogP contribution in [0.2, 0.25) is 0 Å². The van der Waals surface area contributed by atoms with Gasteiger partial charge in [-0.25, -0.2) is 0 Å². The third kappa shape index (κ3) is 0.847. The lowest BCUT2D eigenvalue weighted by Gasteiger charge is -2.31. The van der Waals surface area contributed by atoms with E-state index in [9.17, 15) is 0 Å². The van der Waals surface area contributed by atoms with Gasteiger partial charge in [0.15, 0.2) is 0 Å². The average molecular weight is 138 g/mol. The fourth-order valence-electron chi connectivity index (χ4n) is 1.23. The Bertz CT molecular complexity index is 197. The van der Waals surface area contributed by atoms with E-state index in [1.807, 2.05) is 12.1 Å². The molecular weight excluding hydrogens is 128 g/mol. The van der Waals surface area contributed by atoms with Crippen molar-refractivity contribution in [1.29, 1.82) is 0 Å². The van der Waals surface area contributed by atoms with E-state index in [4.69, 9.17) is 9.15 Å². The summed E-state index contributed by atoms with van der Waals surface area (Å²) in [5.74, 6) is 0.957. The Morgan fingerprint density at radius 2 is 2.40 bits per heavy atom. The van der Waals surface area contributed by atoms with Gasteiger partial charge in [-0.15, -0.1) is 0 Å². The van der Waals surface area contributed by atoms with Crippen LogP contribution in [0.5, 0.6) is 0 Å². The zero-order valence-corrected chi connectivity index (χ0v) is 5.91. The van der Waals surface area contributed by atoms with E-state index in [0.29, 0.717) is 6.10 Å². The smallest absolute Gasteiger partial charge is 0.132 e. The minimum Gasteiger partial charge on any atom is -0.467 e. The minimum atomic E-state index is 0.227. The first kappa shape index (κ1) is 5.98. The molecule has 0 radical (unpaired) electrons. The van der Waals surface area contributed by atoms with Gasteiger partial charge >= 0.3 is 0 Å². The van der Waals surface area contributed by atoms with Crippen LogP contribution in [0, 0.1) is 0 Å². The molecule has 0 saturated carbocycles. The van der Waals surface area contributed by atoms with Crippen molar-refractivity contribution in [1.82, 2.24) is 0 Å². The van der Waals surface area contributed by atoms with Gasteiger partial charge in [-0.1, -0.05) is 0 Å². The monoisotopic (exact) mass is 138 g/mol. The summed E-state index contributed by atoms with van der Waals surface area (Å²) in [6.07, 6.45) is 3.41. The predicted molar refractivity (Wildman–Crippen MR) is 36.6 cm³/mol. The Labute approximate surface area is 59.8 Å². The van der Waals surface area contributed by atoms with Gasteiger partial charge in [0.2, 0.25) is 0 Å². The van der Waals surface area contributed by atoms with Crippen molar-refractivity contribution in [3.8, 4) is 0 Å². The molecule has 0 N–H and O–H groups in total. The minimum absolute atomic E-state index is 0.227. The summed E-state index contributed by atoms with van der Waals surface area (Å²) in [5, 5.41) is 0. The van der Waals surface area contributed by atoms with Gasteiger partial charge in [0.25, 0.3) is 0 Å². The fraction of sp³-hybridized carbons (Fsp3) is 0.500. The largest absolute Gasteiger partial charge is 0.467 e. The Morgan fingerprint density at radius 3 is 2.90 bits per heavy atom. The summed E-state index contributed by atoms with van der Waals surface area (Å²) in [4.78, 5) is 0. The number of rotatable bonds is 1. The SMILES string of the molecule is CC1CC(c2ccco2)O1. The van der Waals surface area contributed by atoms with Crippen LogP contribution in [0.25, 0.3) is 0 Å². The molecule has 2 heteroatoms. The van der Waals surface area contributed by atoms with Gasteiger partial charge in [0, 0.05) is 6.42 Å². The Hall–Kier alpha value is -0.760. The van der Waals surface area contributed by atoms with E-state index in [1.54, 1.807) is 6.26 Å². The second kappa shape index (κ2) is 2.13. The van der Waals surface area contributed by atoms with Crippen molar-refractivity contribution in [2.45, 2.75) is 25.6 Å². The molecule has 10 heavy (non-hydrogen) atoms. The van der Waals surface area contributed by atoms with Crippen LogP contribution in [-0.2, 0) is 4.74 Å². The van der Waals surface area contributed by atoms with Gasteiger partial charge < -0.3 is 9.15 Å². The molecule has 1 aliphatic rings. The maximum atomic E-state index is 5.39. The first-order chi connectivity index (χ1) is 4.86. The summed E-state index contributed by atoms with van der Waals surface area (Å²) < 4.78 is 10.6. The normalized spacial score (nSPS) is 31.7. The van der Waals surface area contributed by atoms with Gasteiger partial charge in [-0.2, -0.15) is 0 Å². The van der Waals surface area contributed by atoms with Gasteiger partial charge in [-0.05, 0) is 19.1 Å². The fourth-order valence-corrected chi connectivity index (χ4v) is 1.23. The van der Waals surface area contributed by atoms with Gasteiger partial charge in [0.05, 0.1) is 12.4 Å². The molecule has 0 aromatic carbocycles. The zero-order valence-electron chi connectivity index (χ0n) is 5.91. The Balaban J connectivity index is 2.04. The van der Waals surface area contributed by atoms with Crippen LogP contribution in [0.4, 0.5) is 0 Å². The molecule has 0 aliphatic carbocycles. The number of hydrogen-bond acceptors (Lipinski definition) is 2. The van der Waals surface area contributed by atoms with E-state index in [2.05, 4.69) is 6.92 Å². The molecule has 54 valence electrons. The lowest BCUT2D eigenvalue weighted by atomic mass is 10.0. The first-order valence-electron chi connectivity index (χ1n) is 3.55. The number of hydrogen-bond donors (Lipinski definition) is 0. The second-order valence-corrected chi connectivity index (χ2v) is 2.69. The molecule has 2 nitrogen and oxygen atoms in total. The summed E-state index contributed by atoms with van der Waals surface area (Å²) in [6, 6.07) is 3.85. The summed E-state index contributed by atoms with van der Waals surface area (Å²) in [5.41, 5.74) is 0. The quantitative estimate of drug-likeness (QED) is 0.593. The van der Waals surface area contributed by atoms with Crippen LogP contribution in [-0.4, -0.2) is 6.10 Å². The molecular formula is C8H10O2. The molecule has 0 amide bonds. The van der Waals surface area contributed by atoms with Crippen molar-refractivity contribution in [3.63, 3.8) is 0 Å². The second-order valence-electron chi connectivity index (χ2n) is 2.69. The van der Waals surface area contributed by atoms with Crippen LogP contribution in [0.15, 0.2) is 22.8 Å². The zero-order chi connectivity index (χ0) is 6.97. The average Bonchev–Trinajstić information content (AvgIpc) is 2.31. The third-order valence-corrected chi connectivity index (χ3v) is 1.80. The van der Waals surface area contributed by atoms with Crippen molar-refractivity contribution < 1.29 is 9.15 Å². The molecule has 1 saturated heterocycles. The van der Waals surface area contributed by atoms with Crippen LogP contribution >= 0.6 is 0 Å². The molecule has 2 heterocycles. The van der Waals surface area contributed by atoms with Crippen LogP contribution in [0.3, 0.4) is 0 Å². The van der Waals surface area contributed by atoms with Crippen LogP contribution < -0.4 is 0 Å². The highest BCUT2D eigenvalue weighted by molar-refractivity contribution is 5.04. The summed E-state index contributed by atoms with van der Waals surface area (Å²) >= 11 is 0. The van der Waals surface area contributed by atoms with Crippen molar-refractivity contribution in [3.05, 3.63) is 24.2 Å². The first-order valence-corrected chi connectivity index (χ1v) is 3.55. The Kier molecular flexibility index (Phi) is 1.27. The topological polar surface area (TPSA) is 22.4 Å². The molecule has 2 atom stereocenters. The van der Waals surface area contributed by atoms with E-state index in [0.717, 1.165) is 12.2 Å². The highest BCUT2D eigenvalue weighted by Gasteiger charge is 2.29. The molecule has 1 fully saturated rings. The predicted octanol–water partition coefficient (Wildman–Crippen LogP) is 2.13. The maximum Gasteiger partial charge on any atom is 0.132 e. The molecule has 0 bridgehead atoms.